The molecule has 4 nitrogen and oxygen atoms in total. The normalized spacial score (nSPS) is 27.2. The molecule has 2 unspecified atom stereocenters. The van der Waals surface area contributed by atoms with E-state index < -0.39 is 0 Å². The second-order valence-electron chi connectivity index (χ2n) is 4.83. The molecule has 1 saturated heterocycles. The minimum absolute atomic E-state index is 0.119. The first-order valence-corrected chi connectivity index (χ1v) is 6.33. The molecular weight excluding hydrogens is 228 g/mol. The third kappa shape index (κ3) is 2.06. The van der Waals surface area contributed by atoms with E-state index in [2.05, 4.69) is 24.9 Å². The van der Waals surface area contributed by atoms with Crippen LogP contribution in [-0.4, -0.2) is 39.0 Å². The van der Waals surface area contributed by atoms with Gasteiger partial charge in [-0.05, 0) is 25.5 Å². The van der Waals surface area contributed by atoms with E-state index in [0.29, 0.717) is 6.54 Å². The van der Waals surface area contributed by atoms with Crippen molar-refractivity contribution < 1.29 is 9.47 Å². The van der Waals surface area contributed by atoms with Crippen molar-refractivity contribution in [1.29, 1.82) is 0 Å². The average Bonchev–Trinajstić information content (AvgIpc) is 2.80. The molecule has 2 atom stereocenters. The second kappa shape index (κ2) is 5.16. The van der Waals surface area contributed by atoms with Crippen LogP contribution in [0.3, 0.4) is 0 Å². The van der Waals surface area contributed by atoms with Crippen molar-refractivity contribution in [3.05, 3.63) is 24.3 Å². The zero-order valence-corrected chi connectivity index (χ0v) is 11.3. The van der Waals surface area contributed by atoms with Crippen molar-refractivity contribution in [2.24, 2.45) is 5.73 Å². The van der Waals surface area contributed by atoms with Gasteiger partial charge in [0, 0.05) is 32.0 Å². The molecule has 1 heterocycles. The average molecular weight is 250 g/mol. The molecule has 0 amide bonds. The standard InChI is InChI=1S/C14H22N2O2/c1-11-14(10-15,7-8-18-11)16(2)12-5-4-6-13(9-12)17-3/h4-6,9,11H,7-8,10,15H2,1-3H3. The Bertz CT molecular complexity index is 411. The Labute approximate surface area is 109 Å². The SMILES string of the molecule is COc1cccc(N(C)C2(CN)CCOC2C)c1. The van der Waals surface area contributed by atoms with E-state index in [-0.39, 0.29) is 11.6 Å². The predicted molar refractivity (Wildman–Crippen MR) is 73.2 cm³/mol. The van der Waals surface area contributed by atoms with Crippen LogP contribution < -0.4 is 15.4 Å². The number of rotatable bonds is 4. The predicted octanol–water partition coefficient (Wildman–Crippen LogP) is 1.64. The Hall–Kier alpha value is -1.26. The Morgan fingerprint density at radius 2 is 2.33 bits per heavy atom. The molecule has 2 N–H and O–H groups in total. The van der Waals surface area contributed by atoms with Gasteiger partial charge in [-0.15, -0.1) is 0 Å². The van der Waals surface area contributed by atoms with Gasteiger partial charge in [-0.3, -0.25) is 0 Å². The smallest absolute Gasteiger partial charge is 0.120 e. The summed E-state index contributed by atoms with van der Waals surface area (Å²) in [7, 11) is 3.76. The molecule has 2 rings (SSSR count). The fourth-order valence-corrected chi connectivity index (χ4v) is 2.69. The minimum Gasteiger partial charge on any atom is -0.497 e. The number of nitrogens with two attached hydrogens (primary N) is 1. The van der Waals surface area contributed by atoms with E-state index in [1.54, 1.807) is 7.11 Å². The quantitative estimate of drug-likeness (QED) is 0.882. The number of nitrogens with zero attached hydrogens (tertiary/aromatic N) is 1. The van der Waals surface area contributed by atoms with Crippen LogP contribution in [0.15, 0.2) is 24.3 Å². The highest BCUT2D eigenvalue weighted by Crippen LogP contribution is 2.34. The summed E-state index contributed by atoms with van der Waals surface area (Å²) in [6.07, 6.45) is 1.09. The van der Waals surface area contributed by atoms with Crippen LogP contribution in [0.5, 0.6) is 5.75 Å². The van der Waals surface area contributed by atoms with E-state index in [9.17, 15) is 0 Å². The van der Waals surface area contributed by atoms with Gasteiger partial charge in [0.1, 0.15) is 5.75 Å². The molecule has 1 fully saturated rings. The van der Waals surface area contributed by atoms with E-state index in [4.69, 9.17) is 15.2 Å². The Kier molecular flexibility index (Phi) is 3.78. The molecule has 1 aromatic rings. The highest BCUT2D eigenvalue weighted by Gasteiger charge is 2.44. The van der Waals surface area contributed by atoms with Crippen molar-refractivity contribution in [2.75, 3.05) is 32.2 Å². The summed E-state index contributed by atoms with van der Waals surface area (Å²) in [6.45, 7) is 3.45. The first-order valence-electron chi connectivity index (χ1n) is 6.33. The molecule has 0 saturated carbocycles. The lowest BCUT2D eigenvalue weighted by Crippen LogP contribution is -2.57. The van der Waals surface area contributed by atoms with E-state index in [0.717, 1.165) is 24.5 Å². The fraction of sp³-hybridized carbons (Fsp3) is 0.571. The number of ether oxygens (including phenoxy) is 2. The Morgan fingerprint density at radius 3 is 2.89 bits per heavy atom. The van der Waals surface area contributed by atoms with Crippen LogP contribution in [0.1, 0.15) is 13.3 Å². The van der Waals surface area contributed by atoms with Gasteiger partial charge in [0.2, 0.25) is 0 Å². The summed E-state index contributed by atoms with van der Waals surface area (Å²) in [4.78, 5) is 2.23. The lowest BCUT2D eigenvalue weighted by atomic mass is 9.89. The summed E-state index contributed by atoms with van der Waals surface area (Å²) >= 11 is 0. The number of anilines is 1. The molecule has 0 aliphatic carbocycles. The number of hydrogen-bond acceptors (Lipinski definition) is 4. The largest absolute Gasteiger partial charge is 0.497 e. The summed E-state index contributed by atoms with van der Waals surface area (Å²) in [5.74, 6) is 0.859. The monoisotopic (exact) mass is 250 g/mol. The summed E-state index contributed by atoms with van der Waals surface area (Å²) in [6, 6.07) is 8.05. The topological polar surface area (TPSA) is 47.7 Å². The van der Waals surface area contributed by atoms with Gasteiger partial charge in [-0.1, -0.05) is 6.07 Å². The van der Waals surface area contributed by atoms with Gasteiger partial charge in [-0.25, -0.2) is 0 Å². The van der Waals surface area contributed by atoms with Crippen molar-refractivity contribution in [2.45, 2.75) is 25.0 Å². The van der Waals surface area contributed by atoms with Gasteiger partial charge in [0.15, 0.2) is 0 Å². The molecule has 0 radical (unpaired) electrons. The maximum absolute atomic E-state index is 6.02. The number of likely N-dealkylation sites (N-methyl/N-ethyl adjacent to an activating group) is 1. The maximum Gasteiger partial charge on any atom is 0.120 e. The Balaban J connectivity index is 2.31. The molecular formula is C14H22N2O2. The molecule has 18 heavy (non-hydrogen) atoms. The van der Waals surface area contributed by atoms with E-state index in [1.165, 1.54) is 0 Å². The molecule has 1 aliphatic rings. The zero-order chi connectivity index (χ0) is 13.2. The van der Waals surface area contributed by atoms with Crippen molar-refractivity contribution in [3.8, 4) is 5.75 Å². The third-order valence-electron chi connectivity index (χ3n) is 4.12. The van der Waals surface area contributed by atoms with E-state index in [1.807, 2.05) is 18.2 Å². The Morgan fingerprint density at radius 1 is 1.56 bits per heavy atom. The van der Waals surface area contributed by atoms with Crippen molar-refractivity contribution >= 4 is 5.69 Å². The maximum atomic E-state index is 6.02. The van der Waals surface area contributed by atoms with Crippen LogP contribution in [0.2, 0.25) is 0 Å². The fourth-order valence-electron chi connectivity index (χ4n) is 2.69. The summed E-state index contributed by atoms with van der Waals surface area (Å²) < 4.78 is 11.0. The van der Waals surface area contributed by atoms with Gasteiger partial charge in [0.05, 0.1) is 18.8 Å². The highest BCUT2D eigenvalue weighted by molar-refractivity contribution is 5.53. The highest BCUT2D eigenvalue weighted by atomic mass is 16.5. The van der Waals surface area contributed by atoms with Gasteiger partial charge >= 0.3 is 0 Å². The lowest BCUT2D eigenvalue weighted by molar-refractivity contribution is 0.0961. The van der Waals surface area contributed by atoms with Gasteiger partial charge in [-0.2, -0.15) is 0 Å². The third-order valence-corrected chi connectivity index (χ3v) is 4.12. The number of methoxy groups -OCH3 is 1. The van der Waals surface area contributed by atoms with Crippen LogP contribution in [0.25, 0.3) is 0 Å². The van der Waals surface area contributed by atoms with Crippen LogP contribution >= 0.6 is 0 Å². The van der Waals surface area contributed by atoms with Crippen LogP contribution in [-0.2, 0) is 4.74 Å². The number of benzene rings is 1. The van der Waals surface area contributed by atoms with E-state index >= 15 is 0 Å². The van der Waals surface area contributed by atoms with Crippen LogP contribution in [0, 0.1) is 0 Å². The molecule has 1 aromatic carbocycles. The lowest BCUT2D eigenvalue weighted by Gasteiger charge is -2.41. The molecule has 100 valence electrons. The second-order valence-corrected chi connectivity index (χ2v) is 4.83. The van der Waals surface area contributed by atoms with Crippen LogP contribution in [0.4, 0.5) is 5.69 Å². The van der Waals surface area contributed by atoms with Crippen molar-refractivity contribution in [1.82, 2.24) is 0 Å². The molecule has 0 bridgehead atoms. The summed E-state index contributed by atoms with van der Waals surface area (Å²) in [5.41, 5.74) is 7.00. The molecule has 1 aliphatic heterocycles. The molecule has 0 spiro atoms. The van der Waals surface area contributed by atoms with Gasteiger partial charge in [0.25, 0.3) is 0 Å². The first-order chi connectivity index (χ1) is 8.64. The molecule has 0 aromatic heterocycles. The van der Waals surface area contributed by atoms with Crippen molar-refractivity contribution in [3.63, 3.8) is 0 Å². The zero-order valence-electron chi connectivity index (χ0n) is 11.3. The molecule has 4 heteroatoms. The number of hydrogen-bond donors (Lipinski definition) is 1. The van der Waals surface area contributed by atoms with Gasteiger partial charge < -0.3 is 20.1 Å². The summed E-state index contributed by atoms with van der Waals surface area (Å²) in [5, 5.41) is 0. The minimum atomic E-state index is -0.119. The first kappa shape index (κ1) is 13.2.